The van der Waals surface area contributed by atoms with E-state index in [2.05, 4.69) is 0 Å². The Hall–Kier alpha value is 0.854. The standard InChI is InChI=1S/CH2O3.Fe.La.H2O4S/c2-1(3)4;;;1-5(2,3)4/h(H2,2,3,4);;;(H2,1,2,3,4). The van der Waals surface area contributed by atoms with E-state index in [9.17, 15) is 0 Å². The zero-order valence-corrected chi connectivity index (χ0v) is 10.4. The normalized spacial score (nSPS) is 7.45. The molecule has 0 saturated carbocycles. The van der Waals surface area contributed by atoms with Crippen LogP contribution in [0.2, 0.25) is 0 Å². The molecule has 0 rings (SSSR count). The van der Waals surface area contributed by atoms with Crippen molar-refractivity contribution >= 4 is 16.6 Å². The first-order chi connectivity index (χ1) is 3.73. The molecule has 0 aromatic heterocycles. The van der Waals surface area contributed by atoms with E-state index >= 15 is 0 Å². The van der Waals surface area contributed by atoms with Gasteiger partial charge in [-0.15, -0.1) is 0 Å². The molecule has 67 valence electrons. The summed E-state index contributed by atoms with van der Waals surface area (Å²) in [5, 5.41) is 13.9. The van der Waals surface area contributed by atoms with Gasteiger partial charge in [-0.3, -0.25) is 9.11 Å². The maximum atomic E-state index is 8.74. The Labute approximate surface area is 101 Å². The largest absolute Gasteiger partial charge is 0.503 e. The topological polar surface area (TPSA) is 132 Å². The van der Waals surface area contributed by atoms with Crippen LogP contribution in [0.5, 0.6) is 0 Å². The van der Waals surface area contributed by atoms with Gasteiger partial charge in [0, 0.05) is 52.7 Å². The molecule has 0 spiro atoms. The molecule has 11 heavy (non-hydrogen) atoms. The first-order valence-electron chi connectivity index (χ1n) is 1.35. The Morgan fingerprint density at radius 3 is 1.09 bits per heavy atom. The molecule has 10 heteroatoms. The molecule has 0 aliphatic heterocycles. The van der Waals surface area contributed by atoms with Crippen LogP contribution in [0, 0.1) is 35.6 Å². The van der Waals surface area contributed by atoms with Gasteiger partial charge in [-0.2, -0.15) is 8.42 Å². The van der Waals surface area contributed by atoms with E-state index < -0.39 is 16.6 Å². The molecule has 0 fully saturated rings. The van der Waals surface area contributed by atoms with E-state index in [1.165, 1.54) is 0 Å². The van der Waals surface area contributed by atoms with Crippen LogP contribution in [0.1, 0.15) is 0 Å². The van der Waals surface area contributed by atoms with Gasteiger partial charge in [0.15, 0.2) is 0 Å². The summed E-state index contributed by atoms with van der Waals surface area (Å²) in [6.07, 6.45) is -1.83. The summed E-state index contributed by atoms with van der Waals surface area (Å²) < 4.78 is 31.6. The number of rotatable bonds is 0. The van der Waals surface area contributed by atoms with Crippen molar-refractivity contribution < 1.29 is 85.2 Å². The molecule has 0 bridgehead atoms. The number of hydrogen-bond donors (Lipinski definition) is 4. The van der Waals surface area contributed by atoms with Gasteiger partial charge in [0.05, 0.1) is 0 Å². The second-order valence-electron chi connectivity index (χ2n) is 0.730. The van der Waals surface area contributed by atoms with Crippen molar-refractivity contribution in [3.63, 3.8) is 0 Å². The summed E-state index contributed by atoms with van der Waals surface area (Å²) in [5.41, 5.74) is 0. The van der Waals surface area contributed by atoms with E-state index in [1.54, 1.807) is 0 Å². The summed E-state index contributed by atoms with van der Waals surface area (Å²) in [6, 6.07) is 0. The summed E-state index contributed by atoms with van der Waals surface area (Å²) in [5.74, 6) is 0. The predicted molar refractivity (Wildman–Crippen MR) is 24.8 cm³/mol. The van der Waals surface area contributed by atoms with E-state index in [-0.39, 0.29) is 52.7 Å². The van der Waals surface area contributed by atoms with Gasteiger partial charge in [-0.25, -0.2) is 4.79 Å². The third-order valence-electron chi connectivity index (χ3n) is 0. The van der Waals surface area contributed by atoms with E-state index in [0.717, 1.165) is 0 Å². The van der Waals surface area contributed by atoms with Crippen LogP contribution in [0.3, 0.4) is 0 Å². The molecule has 0 aromatic carbocycles. The van der Waals surface area contributed by atoms with Gasteiger partial charge >= 0.3 is 16.6 Å². The first-order valence-corrected chi connectivity index (χ1v) is 2.75. The molecule has 0 amide bonds. The second kappa shape index (κ2) is 10.9. The van der Waals surface area contributed by atoms with Gasteiger partial charge < -0.3 is 10.2 Å². The minimum Gasteiger partial charge on any atom is -0.450 e. The van der Waals surface area contributed by atoms with Crippen molar-refractivity contribution in [1.29, 1.82) is 0 Å². The fraction of sp³-hybridized carbons (Fsp3) is 0. The zero-order chi connectivity index (χ0) is 8.08. The fourth-order valence-corrected chi connectivity index (χ4v) is 0. The van der Waals surface area contributed by atoms with Crippen LogP contribution in [-0.2, 0) is 27.5 Å². The van der Waals surface area contributed by atoms with Crippen molar-refractivity contribution in [2.24, 2.45) is 0 Å². The number of carboxylic acid groups (broad SMARTS) is 2. The SMILES string of the molecule is O=C(O)O.O=S(=O)(O)O.[Fe].[La]. The van der Waals surface area contributed by atoms with Crippen LogP contribution in [-0.4, -0.2) is 33.9 Å². The minimum atomic E-state index is -4.67. The molecule has 7 nitrogen and oxygen atoms in total. The third-order valence-corrected chi connectivity index (χ3v) is 0. The van der Waals surface area contributed by atoms with Crippen LogP contribution in [0.4, 0.5) is 4.79 Å². The smallest absolute Gasteiger partial charge is 0.450 e. The Morgan fingerprint density at radius 1 is 1.09 bits per heavy atom. The minimum absolute atomic E-state index is 0. The summed E-state index contributed by atoms with van der Waals surface area (Å²) >= 11 is 0. The van der Waals surface area contributed by atoms with Gasteiger partial charge in [0.2, 0.25) is 0 Å². The van der Waals surface area contributed by atoms with Crippen molar-refractivity contribution in [2.45, 2.75) is 0 Å². The van der Waals surface area contributed by atoms with E-state index in [0.29, 0.717) is 0 Å². The average Bonchev–Trinajstić information content (AvgIpc) is 1.19. The molecule has 0 aromatic rings. The average molecular weight is 355 g/mol. The van der Waals surface area contributed by atoms with Gasteiger partial charge in [0.1, 0.15) is 0 Å². The molecule has 0 saturated heterocycles. The Morgan fingerprint density at radius 2 is 1.09 bits per heavy atom. The molecular weight excluding hydrogens is 351 g/mol. The Kier molecular flexibility index (Phi) is 22.3. The summed E-state index contributed by atoms with van der Waals surface area (Å²) in [4.78, 5) is 8.56. The Balaban J connectivity index is -0.0000000383. The number of carbonyl (C=O) groups is 1. The number of hydrogen-bond acceptors (Lipinski definition) is 3. The molecule has 0 aliphatic rings. The quantitative estimate of drug-likeness (QED) is 0.342. The maximum absolute atomic E-state index is 8.74. The van der Waals surface area contributed by atoms with Crippen molar-refractivity contribution in [3.8, 4) is 0 Å². The summed E-state index contributed by atoms with van der Waals surface area (Å²) in [6.45, 7) is 0. The van der Waals surface area contributed by atoms with Gasteiger partial charge in [-0.1, -0.05) is 0 Å². The molecule has 0 heterocycles. The Bertz CT molecular complexity index is 161. The van der Waals surface area contributed by atoms with Crippen LogP contribution >= 0.6 is 0 Å². The van der Waals surface area contributed by atoms with Crippen LogP contribution < -0.4 is 0 Å². The van der Waals surface area contributed by atoms with Crippen LogP contribution in [0.15, 0.2) is 0 Å². The second-order valence-corrected chi connectivity index (χ2v) is 1.63. The monoisotopic (exact) mass is 355 g/mol. The van der Waals surface area contributed by atoms with Crippen molar-refractivity contribution in [2.75, 3.05) is 0 Å². The molecule has 1 radical (unpaired) electrons. The van der Waals surface area contributed by atoms with E-state index in [1.807, 2.05) is 0 Å². The van der Waals surface area contributed by atoms with Gasteiger partial charge in [0.25, 0.3) is 0 Å². The van der Waals surface area contributed by atoms with Crippen LogP contribution in [0.25, 0.3) is 0 Å². The molecule has 0 aliphatic carbocycles. The molecule has 4 N–H and O–H groups in total. The molecular formula is CH4FeLaO7S. The predicted octanol–water partition coefficient (Wildman–Crippen LogP) is -0.433. The summed E-state index contributed by atoms with van der Waals surface area (Å²) in [7, 11) is -4.67. The fourth-order valence-electron chi connectivity index (χ4n) is 0. The van der Waals surface area contributed by atoms with Crippen molar-refractivity contribution in [3.05, 3.63) is 0 Å². The zero-order valence-electron chi connectivity index (χ0n) is 4.85. The van der Waals surface area contributed by atoms with Crippen molar-refractivity contribution in [1.82, 2.24) is 0 Å². The molecule has 0 unspecified atom stereocenters. The molecule has 0 atom stereocenters. The third kappa shape index (κ3) is 1170. The van der Waals surface area contributed by atoms with Gasteiger partial charge in [-0.05, 0) is 0 Å². The van der Waals surface area contributed by atoms with E-state index in [4.69, 9.17) is 32.5 Å². The first kappa shape index (κ1) is 22.6. The maximum Gasteiger partial charge on any atom is 0.503 e.